The van der Waals surface area contributed by atoms with Gasteiger partial charge >= 0.3 is 0 Å². The summed E-state index contributed by atoms with van der Waals surface area (Å²) in [5.41, 5.74) is 5.56. The second-order valence-electron chi connectivity index (χ2n) is 5.89. The molecule has 1 aliphatic carbocycles. The first-order chi connectivity index (χ1) is 11.2. The van der Waals surface area contributed by atoms with Gasteiger partial charge in [-0.15, -0.1) is 0 Å². The zero-order valence-electron chi connectivity index (χ0n) is 12.8. The van der Waals surface area contributed by atoms with Crippen molar-refractivity contribution in [3.63, 3.8) is 0 Å². The van der Waals surface area contributed by atoms with Crippen LogP contribution in [0.4, 0.5) is 0 Å². The van der Waals surface area contributed by atoms with E-state index < -0.39 is 50.9 Å². The van der Waals surface area contributed by atoms with Gasteiger partial charge in [0.05, 0.1) is 18.0 Å². The van der Waals surface area contributed by atoms with Crippen LogP contribution in [0, 0.1) is 0 Å². The molecule has 0 spiro atoms. The van der Waals surface area contributed by atoms with Gasteiger partial charge in [-0.25, -0.2) is 8.42 Å². The largest absolute Gasteiger partial charge is 0.390 e. The van der Waals surface area contributed by atoms with Crippen LogP contribution < -0.4 is 11.1 Å². The number of hydrogen-bond donors (Lipinski definition) is 4. The van der Waals surface area contributed by atoms with Gasteiger partial charge in [0.1, 0.15) is 0 Å². The highest BCUT2D eigenvalue weighted by Crippen LogP contribution is 2.20. The molecule has 132 valence electrons. The van der Waals surface area contributed by atoms with Gasteiger partial charge in [0.2, 0.25) is 17.1 Å². The molecule has 0 radical (unpaired) electrons. The summed E-state index contributed by atoms with van der Waals surface area (Å²) >= 11 is 0. The fourth-order valence-electron chi connectivity index (χ4n) is 2.75. The monoisotopic (exact) mass is 356 g/mol. The van der Waals surface area contributed by atoms with Crippen molar-refractivity contribution in [2.24, 2.45) is 5.73 Å². The van der Waals surface area contributed by atoms with Crippen LogP contribution in [0.15, 0.2) is 30.3 Å². The van der Waals surface area contributed by atoms with E-state index in [-0.39, 0.29) is 12.8 Å². The zero-order chi connectivity index (χ0) is 17.9. The van der Waals surface area contributed by atoms with E-state index in [1.807, 2.05) is 0 Å². The quantitative estimate of drug-likeness (QED) is 0.454. The Morgan fingerprint density at radius 2 is 1.71 bits per heavy atom. The number of aliphatic hydroxyl groups is 2. The molecule has 0 bridgehead atoms. The molecule has 2 amide bonds. The summed E-state index contributed by atoms with van der Waals surface area (Å²) in [4.78, 5) is 23.8. The van der Waals surface area contributed by atoms with Crippen LogP contribution in [0.1, 0.15) is 18.4 Å². The first-order valence-corrected chi connectivity index (χ1v) is 9.13. The molecule has 8 nitrogen and oxygen atoms in total. The number of carbonyl (C=O) groups is 2. The topological polar surface area (TPSA) is 147 Å². The Balaban J connectivity index is 2.13. The minimum absolute atomic E-state index is 0.0805. The van der Waals surface area contributed by atoms with E-state index >= 15 is 0 Å². The van der Waals surface area contributed by atoms with E-state index in [1.165, 1.54) is 0 Å². The average Bonchev–Trinajstić information content (AvgIpc) is 2.76. The van der Waals surface area contributed by atoms with Crippen LogP contribution in [0.3, 0.4) is 0 Å². The molecule has 3 atom stereocenters. The van der Waals surface area contributed by atoms with Gasteiger partial charge in [-0.3, -0.25) is 9.59 Å². The molecule has 2 unspecified atom stereocenters. The second kappa shape index (κ2) is 7.29. The lowest BCUT2D eigenvalue weighted by molar-refractivity contribution is -0.127. The number of sulfone groups is 1. The molecule has 1 aromatic rings. The fourth-order valence-corrected chi connectivity index (χ4v) is 4.32. The Labute approximate surface area is 139 Å². The lowest BCUT2D eigenvalue weighted by Gasteiger charge is -2.18. The van der Waals surface area contributed by atoms with E-state index in [0.29, 0.717) is 5.56 Å². The summed E-state index contributed by atoms with van der Waals surface area (Å²) in [5.74, 6) is -2.79. The highest BCUT2D eigenvalue weighted by molar-refractivity contribution is 7.92. The van der Waals surface area contributed by atoms with Crippen LogP contribution in [0.2, 0.25) is 0 Å². The van der Waals surface area contributed by atoms with Gasteiger partial charge in [0.15, 0.2) is 9.84 Å². The molecular formula is C15H20N2O6S. The summed E-state index contributed by atoms with van der Waals surface area (Å²) in [6.45, 7) is 0. The SMILES string of the molecule is NC(=O)[C@H](C(=O)NC1CC(O)C(O)C1)S(=O)(=O)Cc1ccccc1. The van der Waals surface area contributed by atoms with E-state index in [0.717, 1.165) is 0 Å². The summed E-state index contributed by atoms with van der Waals surface area (Å²) in [5, 5.41) is 19.3. The Morgan fingerprint density at radius 3 is 2.21 bits per heavy atom. The Kier molecular flexibility index (Phi) is 5.58. The summed E-state index contributed by atoms with van der Waals surface area (Å²) in [6, 6.07) is 7.52. The van der Waals surface area contributed by atoms with Crippen LogP contribution >= 0.6 is 0 Å². The van der Waals surface area contributed by atoms with Crippen molar-refractivity contribution in [1.29, 1.82) is 0 Å². The van der Waals surface area contributed by atoms with Gasteiger partial charge < -0.3 is 21.3 Å². The molecule has 1 fully saturated rings. The van der Waals surface area contributed by atoms with E-state index in [9.17, 15) is 28.2 Å². The van der Waals surface area contributed by atoms with Crippen molar-refractivity contribution in [1.82, 2.24) is 5.32 Å². The van der Waals surface area contributed by atoms with Gasteiger partial charge in [0, 0.05) is 6.04 Å². The Morgan fingerprint density at radius 1 is 1.17 bits per heavy atom. The molecule has 0 saturated heterocycles. The number of primary amides is 1. The maximum atomic E-state index is 12.4. The van der Waals surface area contributed by atoms with E-state index in [1.54, 1.807) is 30.3 Å². The molecule has 0 aromatic heterocycles. The minimum atomic E-state index is -4.15. The summed E-state index contributed by atoms with van der Waals surface area (Å²) in [6.07, 6.45) is -1.83. The minimum Gasteiger partial charge on any atom is -0.390 e. The van der Waals surface area contributed by atoms with Crippen molar-refractivity contribution in [3.8, 4) is 0 Å². The Bertz CT molecular complexity index is 696. The maximum Gasteiger partial charge on any atom is 0.248 e. The fraction of sp³-hybridized carbons (Fsp3) is 0.467. The third-order valence-corrected chi connectivity index (χ3v) is 5.81. The Hall–Kier alpha value is -1.97. The maximum absolute atomic E-state index is 12.4. The molecule has 24 heavy (non-hydrogen) atoms. The normalized spacial score (nSPS) is 25.2. The van der Waals surface area contributed by atoms with Crippen LogP contribution in [-0.2, 0) is 25.2 Å². The molecule has 5 N–H and O–H groups in total. The molecule has 1 saturated carbocycles. The lowest BCUT2D eigenvalue weighted by atomic mass is 10.2. The van der Waals surface area contributed by atoms with Crippen molar-refractivity contribution in [2.75, 3.05) is 0 Å². The third kappa shape index (κ3) is 4.31. The standard InChI is InChI=1S/C15H20N2O6S/c16-14(20)13(15(21)17-10-6-11(18)12(19)7-10)24(22,23)8-9-4-2-1-3-5-9/h1-5,10-13,18-19H,6-8H2,(H2,16,20)(H,17,21)/t10?,11?,12?,13-/m1/s1. The lowest BCUT2D eigenvalue weighted by Crippen LogP contribution is -2.50. The highest BCUT2D eigenvalue weighted by Gasteiger charge is 2.40. The van der Waals surface area contributed by atoms with E-state index in [4.69, 9.17) is 5.73 Å². The number of hydrogen-bond acceptors (Lipinski definition) is 6. The number of amides is 2. The van der Waals surface area contributed by atoms with Crippen molar-refractivity contribution < 1.29 is 28.2 Å². The highest BCUT2D eigenvalue weighted by atomic mass is 32.2. The van der Waals surface area contributed by atoms with Gasteiger partial charge in [0.25, 0.3) is 0 Å². The molecule has 0 aliphatic heterocycles. The predicted molar refractivity (Wildman–Crippen MR) is 85.2 cm³/mol. The molecule has 2 rings (SSSR count). The molecular weight excluding hydrogens is 336 g/mol. The summed E-state index contributed by atoms with van der Waals surface area (Å²) < 4.78 is 24.9. The first-order valence-electron chi connectivity index (χ1n) is 7.42. The average molecular weight is 356 g/mol. The van der Waals surface area contributed by atoms with Gasteiger partial charge in [-0.05, 0) is 18.4 Å². The number of carbonyl (C=O) groups excluding carboxylic acids is 2. The number of nitrogens with two attached hydrogens (primary N) is 1. The molecule has 9 heteroatoms. The smallest absolute Gasteiger partial charge is 0.248 e. The van der Waals surface area contributed by atoms with Crippen molar-refractivity contribution in [3.05, 3.63) is 35.9 Å². The van der Waals surface area contributed by atoms with E-state index in [2.05, 4.69) is 5.32 Å². The number of rotatable bonds is 6. The second-order valence-corrected chi connectivity index (χ2v) is 7.97. The molecule has 0 heterocycles. The van der Waals surface area contributed by atoms with Crippen LogP contribution in [0.5, 0.6) is 0 Å². The van der Waals surface area contributed by atoms with Crippen LogP contribution in [-0.4, -0.2) is 53.9 Å². The first kappa shape index (κ1) is 18.4. The van der Waals surface area contributed by atoms with Gasteiger partial charge in [-0.1, -0.05) is 30.3 Å². The van der Waals surface area contributed by atoms with Crippen molar-refractivity contribution in [2.45, 2.75) is 42.1 Å². The predicted octanol–water partition coefficient (Wildman–Crippen LogP) is -1.54. The zero-order valence-corrected chi connectivity index (χ0v) is 13.6. The van der Waals surface area contributed by atoms with Gasteiger partial charge in [-0.2, -0.15) is 0 Å². The number of benzene rings is 1. The number of aliphatic hydroxyl groups excluding tert-OH is 2. The molecule has 1 aromatic carbocycles. The van der Waals surface area contributed by atoms with Crippen molar-refractivity contribution >= 4 is 21.7 Å². The number of nitrogens with one attached hydrogen (secondary N) is 1. The summed E-state index contributed by atoms with van der Waals surface area (Å²) in [7, 11) is -4.15. The van der Waals surface area contributed by atoms with Crippen LogP contribution in [0.25, 0.3) is 0 Å². The third-order valence-electron chi connectivity index (χ3n) is 3.91. The molecule has 1 aliphatic rings.